The molecule has 0 aromatic heterocycles. The summed E-state index contributed by atoms with van der Waals surface area (Å²) in [6.45, 7) is 3.43. The zero-order chi connectivity index (χ0) is 18.5. The van der Waals surface area contributed by atoms with Crippen LogP contribution in [0.15, 0.2) is 54.6 Å². The summed E-state index contributed by atoms with van der Waals surface area (Å²) >= 11 is 0. The minimum atomic E-state index is 0. The normalized spacial score (nSPS) is 19.9. The molecule has 150 valence electrons. The van der Waals surface area contributed by atoms with Gasteiger partial charge in [0.1, 0.15) is 12.4 Å². The van der Waals surface area contributed by atoms with E-state index in [1.165, 1.54) is 12.8 Å². The Balaban J connectivity index is 0.00000225. The standard InChI is InChI=1S/C23H28N2O2.ClH/c26-23(25-15-12-19(13-16-25)22-7-4-14-24-22)20-8-10-21(11-9-20)27-17-18-5-2-1-3-6-18;/h1-3,5-6,8-11,19,22,24H,4,7,12-17H2;1H. The topological polar surface area (TPSA) is 41.6 Å². The van der Waals surface area contributed by atoms with Crippen molar-refractivity contribution in [2.45, 2.75) is 38.3 Å². The lowest BCUT2D eigenvalue weighted by Gasteiger charge is -2.35. The lowest BCUT2D eigenvalue weighted by molar-refractivity contribution is 0.0674. The fourth-order valence-corrected chi connectivity index (χ4v) is 4.24. The molecule has 2 aliphatic rings. The Morgan fingerprint density at radius 2 is 1.71 bits per heavy atom. The number of likely N-dealkylation sites (tertiary alicyclic amines) is 1. The molecule has 1 atom stereocenters. The van der Waals surface area contributed by atoms with Crippen LogP contribution >= 0.6 is 12.4 Å². The van der Waals surface area contributed by atoms with Gasteiger partial charge in [0.25, 0.3) is 5.91 Å². The number of carbonyl (C=O) groups is 1. The first-order valence-corrected chi connectivity index (χ1v) is 10.1. The highest BCUT2D eigenvalue weighted by molar-refractivity contribution is 5.94. The Kier molecular flexibility index (Phi) is 7.35. The molecule has 0 aliphatic carbocycles. The first-order valence-electron chi connectivity index (χ1n) is 10.1. The molecule has 0 saturated carbocycles. The zero-order valence-corrected chi connectivity index (χ0v) is 17.0. The van der Waals surface area contributed by atoms with E-state index in [1.807, 2.05) is 59.5 Å². The van der Waals surface area contributed by atoms with E-state index >= 15 is 0 Å². The summed E-state index contributed by atoms with van der Waals surface area (Å²) < 4.78 is 5.81. The van der Waals surface area contributed by atoms with E-state index in [0.29, 0.717) is 12.6 Å². The van der Waals surface area contributed by atoms with Gasteiger partial charge in [-0.3, -0.25) is 4.79 Å². The second kappa shape index (κ2) is 9.94. The number of carbonyl (C=O) groups excluding carboxylic acids is 1. The van der Waals surface area contributed by atoms with E-state index in [4.69, 9.17) is 4.74 Å². The van der Waals surface area contributed by atoms with Gasteiger partial charge in [0.2, 0.25) is 0 Å². The van der Waals surface area contributed by atoms with Crippen molar-refractivity contribution in [1.29, 1.82) is 0 Å². The molecule has 0 spiro atoms. The lowest BCUT2D eigenvalue weighted by Crippen LogP contribution is -2.43. The van der Waals surface area contributed by atoms with Gasteiger partial charge in [0.15, 0.2) is 0 Å². The molecule has 1 unspecified atom stereocenters. The van der Waals surface area contributed by atoms with Gasteiger partial charge >= 0.3 is 0 Å². The molecule has 2 saturated heterocycles. The van der Waals surface area contributed by atoms with Gasteiger partial charge < -0.3 is 15.0 Å². The molecule has 0 bridgehead atoms. The van der Waals surface area contributed by atoms with Crippen molar-refractivity contribution < 1.29 is 9.53 Å². The van der Waals surface area contributed by atoms with E-state index in [9.17, 15) is 4.79 Å². The van der Waals surface area contributed by atoms with Gasteiger partial charge in [0, 0.05) is 24.7 Å². The van der Waals surface area contributed by atoms with Crippen molar-refractivity contribution in [3.8, 4) is 5.75 Å². The molecule has 1 amide bonds. The first kappa shape index (κ1) is 20.7. The van der Waals surface area contributed by atoms with Crippen molar-refractivity contribution >= 4 is 18.3 Å². The summed E-state index contributed by atoms with van der Waals surface area (Å²) in [7, 11) is 0. The number of amides is 1. The Labute approximate surface area is 173 Å². The fraction of sp³-hybridized carbons (Fsp3) is 0.435. The van der Waals surface area contributed by atoms with Gasteiger partial charge in [-0.25, -0.2) is 0 Å². The van der Waals surface area contributed by atoms with Crippen LogP contribution in [0, 0.1) is 5.92 Å². The molecule has 2 aromatic rings. The molecule has 2 fully saturated rings. The summed E-state index contributed by atoms with van der Waals surface area (Å²) in [5.41, 5.74) is 1.89. The molecule has 2 aromatic carbocycles. The number of hydrogen-bond acceptors (Lipinski definition) is 3. The van der Waals surface area contributed by atoms with Crippen LogP contribution in [-0.2, 0) is 6.61 Å². The lowest BCUT2D eigenvalue weighted by atomic mass is 9.88. The van der Waals surface area contributed by atoms with Gasteiger partial charge in [-0.15, -0.1) is 12.4 Å². The maximum absolute atomic E-state index is 12.8. The van der Waals surface area contributed by atoms with E-state index in [-0.39, 0.29) is 18.3 Å². The second-order valence-electron chi connectivity index (χ2n) is 7.63. The molecular weight excluding hydrogens is 372 g/mol. The third-order valence-corrected chi connectivity index (χ3v) is 5.84. The first-order chi connectivity index (χ1) is 13.3. The van der Waals surface area contributed by atoms with Crippen LogP contribution in [0.5, 0.6) is 5.75 Å². The van der Waals surface area contributed by atoms with Crippen molar-refractivity contribution in [2.24, 2.45) is 5.92 Å². The fourth-order valence-electron chi connectivity index (χ4n) is 4.24. The number of halogens is 1. The van der Waals surface area contributed by atoms with Crippen LogP contribution < -0.4 is 10.1 Å². The molecule has 2 heterocycles. The number of piperidine rings is 1. The molecule has 5 heteroatoms. The maximum Gasteiger partial charge on any atom is 0.253 e. The minimum absolute atomic E-state index is 0. The third kappa shape index (κ3) is 5.06. The minimum Gasteiger partial charge on any atom is -0.489 e. The van der Waals surface area contributed by atoms with Crippen molar-refractivity contribution in [1.82, 2.24) is 10.2 Å². The molecule has 1 N–H and O–H groups in total. The van der Waals surface area contributed by atoms with Crippen LogP contribution in [0.25, 0.3) is 0 Å². The van der Waals surface area contributed by atoms with Crippen LogP contribution in [0.1, 0.15) is 41.6 Å². The molecular formula is C23H29ClN2O2. The highest BCUT2D eigenvalue weighted by Gasteiger charge is 2.30. The third-order valence-electron chi connectivity index (χ3n) is 5.84. The van der Waals surface area contributed by atoms with Gasteiger partial charge in [-0.2, -0.15) is 0 Å². The van der Waals surface area contributed by atoms with Crippen LogP contribution in [0.3, 0.4) is 0 Å². The average Bonchev–Trinajstić information content (AvgIpc) is 3.28. The molecule has 4 nitrogen and oxygen atoms in total. The quantitative estimate of drug-likeness (QED) is 0.813. The number of benzene rings is 2. The number of ether oxygens (including phenoxy) is 1. The molecule has 28 heavy (non-hydrogen) atoms. The zero-order valence-electron chi connectivity index (χ0n) is 16.2. The highest BCUT2D eigenvalue weighted by Crippen LogP contribution is 2.26. The largest absolute Gasteiger partial charge is 0.489 e. The Morgan fingerprint density at radius 3 is 2.36 bits per heavy atom. The SMILES string of the molecule is Cl.O=C(c1ccc(OCc2ccccc2)cc1)N1CCC(C2CCCN2)CC1. The monoisotopic (exact) mass is 400 g/mol. The predicted molar refractivity (Wildman–Crippen MR) is 114 cm³/mol. The van der Waals surface area contributed by atoms with E-state index in [1.54, 1.807) is 0 Å². The molecule has 2 aliphatic heterocycles. The summed E-state index contributed by atoms with van der Waals surface area (Å²) in [6.07, 6.45) is 4.81. The van der Waals surface area contributed by atoms with Gasteiger partial charge in [-0.05, 0) is 68.0 Å². The van der Waals surface area contributed by atoms with Crippen molar-refractivity contribution in [2.75, 3.05) is 19.6 Å². The average molecular weight is 401 g/mol. The summed E-state index contributed by atoms with van der Waals surface area (Å²) in [5, 5.41) is 3.61. The number of hydrogen-bond donors (Lipinski definition) is 1. The molecule has 4 rings (SSSR count). The number of nitrogens with zero attached hydrogens (tertiary/aromatic N) is 1. The second-order valence-corrected chi connectivity index (χ2v) is 7.63. The van der Waals surface area contributed by atoms with E-state index in [0.717, 1.165) is 55.3 Å². The van der Waals surface area contributed by atoms with Gasteiger partial charge in [-0.1, -0.05) is 30.3 Å². The summed E-state index contributed by atoms with van der Waals surface area (Å²) in [5.74, 6) is 1.66. The summed E-state index contributed by atoms with van der Waals surface area (Å²) in [4.78, 5) is 14.8. The number of rotatable bonds is 5. The Hall–Kier alpha value is -2.04. The summed E-state index contributed by atoms with van der Waals surface area (Å²) in [6, 6.07) is 18.3. The highest BCUT2D eigenvalue weighted by atomic mass is 35.5. The van der Waals surface area contributed by atoms with E-state index in [2.05, 4.69) is 5.32 Å². The van der Waals surface area contributed by atoms with Crippen LogP contribution in [-0.4, -0.2) is 36.5 Å². The Morgan fingerprint density at radius 1 is 1.00 bits per heavy atom. The smallest absolute Gasteiger partial charge is 0.253 e. The molecule has 0 radical (unpaired) electrons. The number of nitrogens with one attached hydrogen (secondary N) is 1. The van der Waals surface area contributed by atoms with Crippen molar-refractivity contribution in [3.63, 3.8) is 0 Å². The maximum atomic E-state index is 12.8. The Bertz CT molecular complexity index is 737. The van der Waals surface area contributed by atoms with E-state index < -0.39 is 0 Å². The predicted octanol–water partition coefficient (Wildman–Crippen LogP) is 4.29. The van der Waals surface area contributed by atoms with Gasteiger partial charge in [0.05, 0.1) is 0 Å². The van der Waals surface area contributed by atoms with Crippen LogP contribution in [0.4, 0.5) is 0 Å². The van der Waals surface area contributed by atoms with Crippen LogP contribution in [0.2, 0.25) is 0 Å². The van der Waals surface area contributed by atoms with Crippen molar-refractivity contribution in [3.05, 3.63) is 65.7 Å².